The number of hydrogen-bond acceptors (Lipinski definition) is 7. The van der Waals surface area contributed by atoms with Crippen molar-refractivity contribution in [1.29, 1.82) is 0 Å². The fraction of sp³-hybridized carbons (Fsp3) is 0.250. The van der Waals surface area contributed by atoms with Gasteiger partial charge in [0.25, 0.3) is 0 Å². The number of oxazole rings is 1. The van der Waals surface area contributed by atoms with E-state index in [2.05, 4.69) is 14.5 Å². The zero-order chi connectivity index (χ0) is 14.0. The van der Waals surface area contributed by atoms with Gasteiger partial charge in [0.15, 0.2) is 0 Å². The normalized spacial score (nSPS) is 10.3. The molecular formula is C12H11NO6. The summed E-state index contributed by atoms with van der Waals surface area (Å²) in [5.74, 6) is -1.16. The first-order valence-corrected chi connectivity index (χ1v) is 5.29. The van der Waals surface area contributed by atoms with Crippen LogP contribution in [0.1, 0.15) is 26.8 Å². The van der Waals surface area contributed by atoms with E-state index in [1.54, 1.807) is 13.0 Å². The maximum absolute atomic E-state index is 11.5. The topological polar surface area (TPSA) is 91.8 Å². The lowest BCUT2D eigenvalue weighted by atomic mass is 10.3. The maximum atomic E-state index is 11.5. The molecule has 100 valence electrons. The first-order valence-electron chi connectivity index (χ1n) is 5.29. The van der Waals surface area contributed by atoms with Crippen LogP contribution >= 0.6 is 0 Å². The second-order valence-electron chi connectivity index (χ2n) is 3.63. The Hall–Kier alpha value is -2.57. The summed E-state index contributed by atoms with van der Waals surface area (Å²) in [6.45, 7) is 1.74. The first kappa shape index (κ1) is 12.9. The van der Waals surface area contributed by atoms with Gasteiger partial charge in [0.2, 0.25) is 17.3 Å². The zero-order valence-corrected chi connectivity index (χ0v) is 10.6. The molecule has 7 heteroatoms. The van der Waals surface area contributed by atoms with E-state index in [0.29, 0.717) is 11.3 Å². The second kappa shape index (κ2) is 4.97. The molecule has 0 aliphatic carbocycles. The van der Waals surface area contributed by atoms with Gasteiger partial charge in [-0.15, -0.1) is 0 Å². The predicted octanol–water partition coefficient (Wildman–Crippen LogP) is 1.82. The largest absolute Gasteiger partial charge is 0.469 e. The summed E-state index contributed by atoms with van der Waals surface area (Å²) in [5.41, 5.74) is 0.279. The Balaban J connectivity index is 2.51. The Morgan fingerprint density at radius 1 is 1.21 bits per heavy atom. The summed E-state index contributed by atoms with van der Waals surface area (Å²) < 4.78 is 19.4. The summed E-state index contributed by atoms with van der Waals surface area (Å²) in [7, 11) is 2.35. The van der Waals surface area contributed by atoms with Crippen LogP contribution in [0, 0.1) is 6.92 Å². The highest BCUT2D eigenvalue weighted by Crippen LogP contribution is 2.24. The number of ether oxygens (including phenoxy) is 2. The van der Waals surface area contributed by atoms with Crippen LogP contribution in [0.25, 0.3) is 11.5 Å². The molecule has 0 amide bonds. The third-order valence-corrected chi connectivity index (χ3v) is 2.35. The molecule has 2 rings (SSSR count). The Kier molecular flexibility index (Phi) is 3.37. The summed E-state index contributed by atoms with van der Waals surface area (Å²) in [4.78, 5) is 27.0. The summed E-state index contributed by atoms with van der Waals surface area (Å²) in [6.07, 6.45) is 1.41. The highest BCUT2D eigenvalue weighted by Gasteiger charge is 2.27. The molecule has 2 heterocycles. The number of aryl methyl sites for hydroxylation is 1. The van der Waals surface area contributed by atoms with Gasteiger partial charge in [-0.05, 0) is 13.0 Å². The molecule has 0 aliphatic rings. The highest BCUT2D eigenvalue weighted by molar-refractivity contribution is 6.00. The zero-order valence-electron chi connectivity index (χ0n) is 10.6. The van der Waals surface area contributed by atoms with Crippen LogP contribution in [0.4, 0.5) is 0 Å². The lowest BCUT2D eigenvalue weighted by Gasteiger charge is -1.96. The van der Waals surface area contributed by atoms with Crippen molar-refractivity contribution in [3.63, 3.8) is 0 Å². The van der Waals surface area contributed by atoms with Crippen molar-refractivity contribution < 1.29 is 27.9 Å². The summed E-state index contributed by atoms with van der Waals surface area (Å²) in [5, 5.41) is 0. The minimum absolute atomic E-state index is 0.0812. The first-order chi connectivity index (χ1) is 9.06. The van der Waals surface area contributed by atoms with Gasteiger partial charge in [0.05, 0.1) is 19.8 Å². The van der Waals surface area contributed by atoms with E-state index < -0.39 is 11.9 Å². The van der Waals surface area contributed by atoms with Crippen molar-refractivity contribution in [3.8, 4) is 11.5 Å². The van der Waals surface area contributed by atoms with Gasteiger partial charge in [0.1, 0.15) is 12.0 Å². The van der Waals surface area contributed by atoms with Crippen molar-refractivity contribution in [2.45, 2.75) is 6.92 Å². The number of esters is 2. The molecule has 0 N–H and O–H groups in total. The molecule has 0 fully saturated rings. The van der Waals surface area contributed by atoms with E-state index in [1.807, 2.05) is 0 Å². The van der Waals surface area contributed by atoms with Crippen molar-refractivity contribution in [2.75, 3.05) is 14.2 Å². The fourth-order valence-electron chi connectivity index (χ4n) is 1.47. The standard InChI is InChI=1S/C12H11NO6/c1-6-4-7(5-18-6)10-13-8(11(14)16-2)9(19-10)12(15)17-3/h4-5H,1-3H3. The van der Waals surface area contributed by atoms with E-state index in [1.165, 1.54) is 20.5 Å². The van der Waals surface area contributed by atoms with Crippen LogP contribution in [0.3, 0.4) is 0 Å². The van der Waals surface area contributed by atoms with E-state index in [4.69, 9.17) is 8.83 Å². The second-order valence-corrected chi connectivity index (χ2v) is 3.63. The predicted molar refractivity (Wildman–Crippen MR) is 61.6 cm³/mol. The number of aromatic nitrogens is 1. The number of rotatable bonds is 3. The molecule has 0 bridgehead atoms. The minimum Gasteiger partial charge on any atom is -0.469 e. The van der Waals surface area contributed by atoms with E-state index in [9.17, 15) is 9.59 Å². The third kappa shape index (κ3) is 2.35. The third-order valence-electron chi connectivity index (χ3n) is 2.35. The average molecular weight is 265 g/mol. The van der Waals surface area contributed by atoms with Crippen molar-refractivity contribution in [2.24, 2.45) is 0 Å². The van der Waals surface area contributed by atoms with E-state index in [-0.39, 0.29) is 17.3 Å². The fourth-order valence-corrected chi connectivity index (χ4v) is 1.47. The van der Waals surface area contributed by atoms with Crippen molar-refractivity contribution in [1.82, 2.24) is 4.98 Å². The lowest BCUT2D eigenvalue weighted by molar-refractivity contribution is 0.0527. The number of carbonyl (C=O) groups excluding carboxylic acids is 2. The van der Waals surface area contributed by atoms with Gasteiger partial charge in [-0.25, -0.2) is 14.6 Å². The van der Waals surface area contributed by atoms with Gasteiger partial charge in [0, 0.05) is 0 Å². The number of nitrogens with zero attached hydrogens (tertiary/aromatic N) is 1. The van der Waals surface area contributed by atoms with Crippen LogP contribution in [0.5, 0.6) is 0 Å². The molecule has 0 unspecified atom stereocenters. The van der Waals surface area contributed by atoms with Gasteiger partial charge < -0.3 is 18.3 Å². The molecule has 19 heavy (non-hydrogen) atoms. The molecular weight excluding hydrogens is 254 g/mol. The van der Waals surface area contributed by atoms with Crippen LogP contribution in [0.2, 0.25) is 0 Å². The SMILES string of the molecule is COC(=O)c1nc(-c2coc(C)c2)oc1C(=O)OC. The van der Waals surface area contributed by atoms with E-state index >= 15 is 0 Å². The Morgan fingerprint density at radius 3 is 2.42 bits per heavy atom. The summed E-state index contributed by atoms with van der Waals surface area (Å²) in [6, 6.07) is 1.66. The molecule has 0 aliphatic heterocycles. The van der Waals surface area contributed by atoms with Crippen LogP contribution in [0.15, 0.2) is 21.2 Å². The lowest BCUT2D eigenvalue weighted by Crippen LogP contribution is -2.10. The molecule has 0 spiro atoms. The van der Waals surface area contributed by atoms with E-state index in [0.717, 1.165) is 0 Å². The molecule has 0 saturated carbocycles. The number of furan rings is 1. The van der Waals surface area contributed by atoms with Gasteiger partial charge in [-0.2, -0.15) is 0 Å². The Bertz CT molecular complexity index is 590. The molecule has 7 nitrogen and oxygen atoms in total. The molecule has 0 saturated heterocycles. The maximum Gasteiger partial charge on any atom is 0.376 e. The summed E-state index contributed by atoms with van der Waals surface area (Å²) >= 11 is 0. The van der Waals surface area contributed by atoms with Crippen molar-refractivity contribution >= 4 is 11.9 Å². The molecule has 2 aromatic heterocycles. The molecule has 2 aromatic rings. The van der Waals surface area contributed by atoms with Crippen LogP contribution in [-0.2, 0) is 9.47 Å². The smallest absolute Gasteiger partial charge is 0.376 e. The molecule has 0 radical (unpaired) electrons. The van der Waals surface area contributed by atoms with Gasteiger partial charge in [-0.1, -0.05) is 0 Å². The van der Waals surface area contributed by atoms with Crippen molar-refractivity contribution in [3.05, 3.63) is 29.5 Å². The monoisotopic (exact) mass is 265 g/mol. The molecule has 0 aromatic carbocycles. The average Bonchev–Trinajstić information content (AvgIpc) is 3.02. The number of hydrogen-bond donors (Lipinski definition) is 0. The van der Waals surface area contributed by atoms with Gasteiger partial charge >= 0.3 is 11.9 Å². The Labute approximate surface area is 108 Å². The van der Waals surface area contributed by atoms with Crippen LogP contribution < -0.4 is 0 Å². The Morgan fingerprint density at radius 2 is 1.89 bits per heavy atom. The minimum atomic E-state index is -0.806. The molecule has 0 atom stereocenters. The number of carbonyl (C=O) groups is 2. The van der Waals surface area contributed by atoms with Crippen LogP contribution in [-0.4, -0.2) is 31.1 Å². The van der Waals surface area contributed by atoms with Gasteiger partial charge in [-0.3, -0.25) is 0 Å². The quantitative estimate of drug-likeness (QED) is 0.781. The highest BCUT2D eigenvalue weighted by atomic mass is 16.5. The number of methoxy groups -OCH3 is 2.